The summed E-state index contributed by atoms with van der Waals surface area (Å²) in [5.41, 5.74) is 6.37. The van der Waals surface area contributed by atoms with Gasteiger partial charge in [0.15, 0.2) is 5.82 Å². The summed E-state index contributed by atoms with van der Waals surface area (Å²) in [7, 11) is 1.72. The summed E-state index contributed by atoms with van der Waals surface area (Å²) in [5.74, 6) is 1.08. The highest BCUT2D eigenvalue weighted by Gasteiger charge is 2.07. The summed E-state index contributed by atoms with van der Waals surface area (Å²) in [6.45, 7) is 4.07. The van der Waals surface area contributed by atoms with E-state index < -0.39 is 0 Å². The number of hydrogen-bond donors (Lipinski definition) is 2. The number of ether oxygens (including phenoxy) is 2. The van der Waals surface area contributed by atoms with Crippen LogP contribution < -0.4 is 15.8 Å². The van der Waals surface area contributed by atoms with Crippen molar-refractivity contribution in [3.05, 3.63) is 6.33 Å². The molecule has 6 heteroatoms. The Morgan fingerprint density at radius 1 is 1.28 bits per heavy atom. The summed E-state index contributed by atoms with van der Waals surface area (Å²) >= 11 is 0. The third-order valence-corrected chi connectivity index (χ3v) is 2.45. The number of unbranched alkanes of at least 4 members (excludes halogenated alkanes) is 2. The summed E-state index contributed by atoms with van der Waals surface area (Å²) in [6.07, 6.45) is 4.69. The molecule has 0 amide bonds. The molecular formula is C12H22N4O2. The normalized spacial score (nSPS) is 10.3. The number of hydrogen-bond acceptors (Lipinski definition) is 6. The van der Waals surface area contributed by atoms with Crippen molar-refractivity contribution in [1.29, 1.82) is 0 Å². The maximum absolute atomic E-state index is 5.90. The van der Waals surface area contributed by atoms with Gasteiger partial charge in [-0.15, -0.1) is 0 Å². The maximum atomic E-state index is 5.90. The van der Waals surface area contributed by atoms with Crippen LogP contribution in [-0.2, 0) is 4.74 Å². The van der Waals surface area contributed by atoms with Gasteiger partial charge >= 0.3 is 0 Å². The lowest BCUT2D eigenvalue weighted by atomic mass is 10.2. The maximum Gasteiger partial charge on any atom is 0.242 e. The highest BCUT2D eigenvalue weighted by molar-refractivity contribution is 5.66. The molecule has 0 saturated heterocycles. The molecule has 1 rings (SSSR count). The molecule has 0 spiro atoms. The molecular weight excluding hydrogens is 232 g/mol. The molecule has 1 aromatic heterocycles. The molecule has 0 aliphatic carbocycles. The molecule has 0 atom stereocenters. The van der Waals surface area contributed by atoms with Crippen molar-refractivity contribution in [2.45, 2.75) is 26.2 Å². The van der Waals surface area contributed by atoms with Gasteiger partial charge in [-0.2, -0.15) is 4.98 Å². The molecule has 1 aromatic rings. The zero-order valence-corrected chi connectivity index (χ0v) is 11.1. The molecule has 18 heavy (non-hydrogen) atoms. The lowest BCUT2D eigenvalue weighted by molar-refractivity contribution is 0.192. The summed E-state index contributed by atoms with van der Waals surface area (Å²) in [6, 6.07) is 0. The largest absolute Gasteiger partial charge is 0.476 e. The van der Waals surface area contributed by atoms with Gasteiger partial charge in [0.05, 0.1) is 6.61 Å². The van der Waals surface area contributed by atoms with Crippen molar-refractivity contribution >= 4 is 11.5 Å². The average Bonchev–Trinajstić information content (AvgIpc) is 2.38. The Kier molecular flexibility index (Phi) is 6.86. The summed E-state index contributed by atoms with van der Waals surface area (Å²) in [4.78, 5) is 8.09. The molecule has 3 N–H and O–H groups in total. The second-order valence-corrected chi connectivity index (χ2v) is 3.85. The monoisotopic (exact) mass is 254 g/mol. The fourth-order valence-electron chi connectivity index (χ4n) is 1.53. The zero-order valence-electron chi connectivity index (χ0n) is 11.1. The predicted molar refractivity (Wildman–Crippen MR) is 71.8 cm³/mol. The van der Waals surface area contributed by atoms with E-state index in [4.69, 9.17) is 15.2 Å². The van der Waals surface area contributed by atoms with Crippen LogP contribution in [0.4, 0.5) is 11.5 Å². The van der Waals surface area contributed by atoms with Gasteiger partial charge in [0.1, 0.15) is 12.0 Å². The van der Waals surface area contributed by atoms with Crippen molar-refractivity contribution in [3.63, 3.8) is 0 Å². The van der Waals surface area contributed by atoms with Crippen LogP contribution >= 0.6 is 0 Å². The van der Waals surface area contributed by atoms with Gasteiger partial charge in [-0.25, -0.2) is 4.98 Å². The minimum absolute atomic E-state index is 0.439. The van der Waals surface area contributed by atoms with Crippen LogP contribution in [0.2, 0.25) is 0 Å². The molecule has 0 bridgehead atoms. The third-order valence-electron chi connectivity index (χ3n) is 2.45. The highest BCUT2D eigenvalue weighted by atomic mass is 16.5. The second-order valence-electron chi connectivity index (χ2n) is 3.85. The first-order valence-corrected chi connectivity index (χ1v) is 6.25. The van der Waals surface area contributed by atoms with Gasteiger partial charge in [0, 0.05) is 20.3 Å². The van der Waals surface area contributed by atoms with E-state index >= 15 is 0 Å². The topological polar surface area (TPSA) is 82.3 Å². The molecule has 6 nitrogen and oxygen atoms in total. The summed E-state index contributed by atoms with van der Waals surface area (Å²) in [5, 5.41) is 3.19. The Morgan fingerprint density at radius 3 is 2.83 bits per heavy atom. The standard InChI is InChI=1S/C12H22N4O2/c1-3-18-12-10(13)11(15-9-16-12)14-7-5-4-6-8-17-2/h9H,3-8,13H2,1-2H3,(H,14,15,16). The van der Waals surface area contributed by atoms with Crippen molar-refractivity contribution in [3.8, 4) is 5.88 Å². The van der Waals surface area contributed by atoms with Crippen molar-refractivity contribution in [1.82, 2.24) is 9.97 Å². The SMILES string of the molecule is CCOc1ncnc(NCCCCCOC)c1N. The first-order valence-electron chi connectivity index (χ1n) is 6.25. The van der Waals surface area contributed by atoms with Crippen LogP contribution in [0.25, 0.3) is 0 Å². The van der Waals surface area contributed by atoms with Crippen molar-refractivity contribution in [2.75, 3.05) is 37.9 Å². The summed E-state index contributed by atoms with van der Waals surface area (Å²) < 4.78 is 10.3. The van der Waals surface area contributed by atoms with Gasteiger partial charge in [-0.05, 0) is 26.2 Å². The fourth-order valence-corrected chi connectivity index (χ4v) is 1.53. The highest BCUT2D eigenvalue weighted by Crippen LogP contribution is 2.24. The molecule has 0 saturated carbocycles. The lowest BCUT2D eigenvalue weighted by Gasteiger charge is -2.10. The van der Waals surface area contributed by atoms with Crippen LogP contribution in [0.1, 0.15) is 26.2 Å². The molecule has 1 heterocycles. The van der Waals surface area contributed by atoms with Gasteiger partial charge < -0.3 is 20.5 Å². The number of anilines is 2. The van der Waals surface area contributed by atoms with Crippen LogP contribution in [0.3, 0.4) is 0 Å². The molecule has 102 valence electrons. The minimum Gasteiger partial charge on any atom is -0.476 e. The number of nitrogens with two attached hydrogens (primary N) is 1. The Morgan fingerprint density at radius 2 is 2.11 bits per heavy atom. The van der Waals surface area contributed by atoms with Gasteiger partial charge in [-0.3, -0.25) is 0 Å². The number of methoxy groups -OCH3 is 1. The van der Waals surface area contributed by atoms with Crippen LogP contribution in [0.5, 0.6) is 5.88 Å². The average molecular weight is 254 g/mol. The van der Waals surface area contributed by atoms with E-state index in [1.54, 1.807) is 7.11 Å². The third kappa shape index (κ3) is 4.75. The van der Waals surface area contributed by atoms with E-state index in [1.807, 2.05) is 6.92 Å². The smallest absolute Gasteiger partial charge is 0.242 e. The first kappa shape index (κ1) is 14.5. The van der Waals surface area contributed by atoms with E-state index in [0.29, 0.717) is 24.0 Å². The minimum atomic E-state index is 0.439. The number of nitrogens with one attached hydrogen (secondary N) is 1. The number of nitrogen functional groups attached to an aromatic ring is 1. The van der Waals surface area contributed by atoms with E-state index in [1.165, 1.54) is 6.33 Å². The molecule has 0 fully saturated rings. The first-order chi connectivity index (χ1) is 8.79. The molecule has 0 aliphatic heterocycles. The van der Waals surface area contributed by atoms with Gasteiger partial charge in [0.2, 0.25) is 5.88 Å². The Hall–Kier alpha value is -1.56. The second kappa shape index (κ2) is 8.52. The molecule has 0 unspecified atom stereocenters. The van der Waals surface area contributed by atoms with Crippen LogP contribution in [0.15, 0.2) is 6.33 Å². The fraction of sp³-hybridized carbons (Fsp3) is 0.667. The van der Waals surface area contributed by atoms with E-state index in [2.05, 4.69) is 15.3 Å². The number of rotatable bonds is 9. The van der Waals surface area contributed by atoms with Crippen LogP contribution in [0, 0.1) is 0 Å². The number of aromatic nitrogens is 2. The van der Waals surface area contributed by atoms with Crippen molar-refractivity contribution in [2.24, 2.45) is 0 Å². The van der Waals surface area contributed by atoms with Gasteiger partial charge in [0.25, 0.3) is 0 Å². The lowest BCUT2D eigenvalue weighted by Crippen LogP contribution is -2.09. The number of nitrogens with zero attached hydrogens (tertiary/aromatic N) is 2. The van der Waals surface area contributed by atoms with E-state index in [0.717, 1.165) is 32.4 Å². The molecule has 0 radical (unpaired) electrons. The quantitative estimate of drug-likeness (QED) is 0.652. The molecule has 0 aliphatic rings. The van der Waals surface area contributed by atoms with Crippen molar-refractivity contribution < 1.29 is 9.47 Å². The predicted octanol–water partition coefficient (Wildman–Crippen LogP) is 1.69. The Labute approximate surface area is 108 Å². The van der Waals surface area contributed by atoms with Crippen LogP contribution in [-0.4, -0.2) is 36.8 Å². The van der Waals surface area contributed by atoms with E-state index in [9.17, 15) is 0 Å². The van der Waals surface area contributed by atoms with Gasteiger partial charge in [-0.1, -0.05) is 0 Å². The van der Waals surface area contributed by atoms with E-state index in [-0.39, 0.29) is 0 Å². The molecule has 0 aromatic carbocycles. The Bertz CT molecular complexity index is 347. The zero-order chi connectivity index (χ0) is 13.2. The Balaban J connectivity index is 2.35.